The smallest absolute Gasteiger partial charge is 0.188 e. The van der Waals surface area contributed by atoms with Gasteiger partial charge >= 0.3 is 0 Å². The lowest BCUT2D eigenvalue weighted by atomic mass is 9.82. The average molecular weight is 223 g/mol. The highest BCUT2D eigenvalue weighted by atomic mass is 15.1. The van der Waals surface area contributed by atoms with Crippen molar-refractivity contribution in [1.82, 2.24) is 5.32 Å². The van der Waals surface area contributed by atoms with E-state index in [9.17, 15) is 0 Å². The molecule has 3 heteroatoms. The summed E-state index contributed by atoms with van der Waals surface area (Å²) in [7, 11) is 0. The fourth-order valence-corrected chi connectivity index (χ4v) is 2.28. The predicted octanol–water partition coefficient (Wildman–Crippen LogP) is 2.29. The van der Waals surface area contributed by atoms with Crippen LogP contribution in [0.2, 0.25) is 0 Å². The fraction of sp³-hybridized carbons (Fsp3) is 0.769. The number of nitrogens with zero attached hydrogens (tertiary/aromatic N) is 1. The molecule has 1 atom stereocenters. The molecule has 1 unspecified atom stereocenters. The maximum absolute atomic E-state index is 5.79. The number of rotatable bonds is 4. The molecule has 0 aromatic rings. The molecule has 1 fully saturated rings. The molecule has 16 heavy (non-hydrogen) atoms. The second-order valence-electron chi connectivity index (χ2n) is 5.62. The van der Waals surface area contributed by atoms with Crippen LogP contribution in [0.5, 0.6) is 0 Å². The number of nitrogens with one attached hydrogen (secondary N) is 1. The van der Waals surface area contributed by atoms with E-state index in [1.54, 1.807) is 0 Å². The molecule has 1 aliphatic carbocycles. The Labute approximate surface area is 99.2 Å². The van der Waals surface area contributed by atoms with Crippen molar-refractivity contribution >= 4 is 5.96 Å². The van der Waals surface area contributed by atoms with E-state index in [4.69, 9.17) is 5.73 Å². The molecule has 0 spiro atoms. The van der Waals surface area contributed by atoms with E-state index in [2.05, 4.69) is 30.7 Å². The Bertz CT molecular complexity index is 279. The summed E-state index contributed by atoms with van der Waals surface area (Å²) in [6, 6.07) is 0. The molecule has 1 aliphatic rings. The van der Waals surface area contributed by atoms with Gasteiger partial charge in [-0.25, -0.2) is 4.99 Å². The standard InChI is InChI=1S/C13H25N3/c1-10(2)8-15-12(14)16-9-11-6-5-7-13(11,3)4/h11H,1,5-9H2,2-4H3,(H3,14,15,16). The van der Waals surface area contributed by atoms with Crippen LogP contribution >= 0.6 is 0 Å². The molecular weight excluding hydrogens is 198 g/mol. The number of nitrogens with two attached hydrogens (primary N) is 1. The summed E-state index contributed by atoms with van der Waals surface area (Å²) in [5.41, 5.74) is 7.27. The van der Waals surface area contributed by atoms with Gasteiger partial charge in [-0.1, -0.05) is 32.4 Å². The normalized spacial score (nSPS) is 24.4. The number of hydrogen-bond donors (Lipinski definition) is 2. The number of aliphatic imine (C=N–C) groups is 1. The lowest BCUT2D eigenvalue weighted by molar-refractivity contribution is 0.260. The van der Waals surface area contributed by atoms with Gasteiger partial charge in [0, 0.05) is 6.54 Å². The van der Waals surface area contributed by atoms with E-state index in [1.165, 1.54) is 19.3 Å². The largest absolute Gasteiger partial charge is 0.370 e. The summed E-state index contributed by atoms with van der Waals surface area (Å²) in [5, 5.41) is 3.22. The first kappa shape index (κ1) is 13.1. The molecule has 1 rings (SSSR count). The molecule has 0 heterocycles. The number of guanidine groups is 1. The third-order valence-corrected chi connectivity index (χ3v) is 3.53. The van der Waals surface area contributed by atoms with Crippen LogP contribution in [0.4, 0.5) is 0 Å². The molecule has 0 aliphatic heterocycles. The van der Waals surface area contributed by atoms with Crippen LogP contribution in [0.3, 0.4) is 0 Å². The van der Waals surface area contributed by atoms with Gasteiger partial charge in [-0.3, -0.25) is 0 Å². The van der Waals surface area contributed by atoms with Crippen molar-refractivity contribution < 1.29 is 0 Å². The Hall–Kier alpha value is -0.990. The molecule has 3 nitrogen and oxygen atoms in total. The highest BCUT2D eigenvalue weighted by Crippen LogP contribution is 2.41. The van der Waals surface area contributed by atoms with Gasteiger partial charge < -0.3 is 11.1 Å². The predicted molar refractivity (Wildman–Crippen MR) is 70.4 cm³/mol. The highest BCUT2D eigenvalue weighted by Gasteiger charge is 2.33. The van der Waals surface area contributed by atoms with Crippen LogP contribution in [-0.2, 0) is 0 Å². The second kappa shape index (κ2) is 5.37. The topological polar surface area (TPSA) is 50.4 Å². The van der Waals surface area contributed by atoms with Gasteiger partial charge in [0.2, 0.25) is 0 Å². The van der Waals surface area contributed by atoms with Gasteiger partial charge in [0.05, 0.1) is 6.54 Å². The van der Waals surface area contributed by atoms with E-state index in [0.29, 0.717) is 23.8 Å². The lowest BCUT2D eigenvalue weighted by Gasteiger charge is -2.27. The van der Waals surface area contributed by atoms with Crippen LogP contribution < -0.4 is 11.1 Å². The summed E-state index contributed by atoms with van der Waals surface area (Å²) in [6.45, 7) is 12.0. The van der Waals surface area contributed by atoms with Gasteiger partial charge in [0.15, 0.2) is 5.96 Å². The lowest BCUT2D eigenvalue weighted by Crippen LogP contribution is -2.38. The van der Waals surface area contributed by atoms with E-state index < -0.39 is 0 Å². The first-order valence-corrected chi connectivity index (χ1v) is 6.10. The van der Waals surface area contributed by atoms with E-state index >= 15 is 0 Å². The summed E-state index contributed by atoms with van der Waals surface area (Å²) in [5.74, 6) is 1.26. The maximum atomic E-state index is 5.79. The molecule has 0 saturated heterocycles. The molecule has 1 saturated carbocycles. The minimum atomic E-state index is 0.446. The molecular formula is C13H25N3. The quantitative estimate of drug-likeness (QED) is 0.436. The number of hydrogen-bond acceptors (Lipinski definition) is 1. The van der Waals surface area contributed by atoms with Crippen molar-refractivity contribution in [2.24, 2.45) is 22.1 Å². The Morgan fingerprint density at radius 1 is 1.56 bits per heavy atom. The Balaban J connectivity index is 2.34. The van der Waals surface area contributed by atoms with Gasteiger partial charge in [-0.05, 0) is 31.1 Å². The Morgan fingerprint density at radius 3 is 2.75 bits per heavy atom. The van der Waals surface area contributed by atoms with Crippen molar-refractivity contribution in [2.75, 3.05) is 13.1 Å². The molecule has 0 amide bonds. The van der Waals surface area contributed by atoms with Crippen LogP contribution in [-0.4, -0.2) is 19.0 Å². The van der Waals surface area contributed by atoms with Crippen molar-refractivity contribution in [1.29, 1.82) is 0 Å². The first-order chi connectivity index (χ1) is 7.42. The molecule has 0 radical (unpaired) electrons. The zero-order valence-corrected chi connectivity index (χ0v) is 10.8. The van der Waals surface area contributed by atoms with Crippen LogP contribution in [0.1, 0.15) is 40.0 Å². The third-order valence-electron chi connectivity index (χ3n) is 3.53. The highest BCUT2D eigenvalue weighted by molar-refractivity contribution is 5.77. The zero-order valence-electron chi connectivity index (χ0n) is 10.8. The zero-order chi connectivity index (χ0) is 12.2. The SMILES string of the molecule is C=C(C)CN=C(N)NCC1CCCC1(C)C. The van der Waals surface area contributed by atoms with Crippen molar-refractivity contribution in [2.45, 2.75) is 40.0 Å². The van der Waals surface area contributed by atoms with E-state index in [0.717, 1.165) is 12.1 Å². The minimum absolute atomic E-state index is 0.446. The fourth-order valence-electron chi connectivity index (χ4n) is 2.28. The minimum Gasteiger partial charge on any atom is -0.370 e. The van der Waals surface area contributed by atoms with Crippen molar-refractivity contribution in [3.63, 3.8) is 0 Å². The summed E-state index contributed by atoms with van der Waals surface area (Å²) >= 11 is 0. The van der Waals surface area contributed by atoms with Crippen LogP contribution in [0.15, 0.2) is 17.1 Å². The van der Waals surface area contributed by atoms with Crippen LogP contribution in [0, 0.1) is 11.3 Å². The van der Waals surface area contributed by atoms with E-state index in [1.807, 2.05) is 6.92 Å². The summed E-state index contributed by atoms with van der Waals surface area (Å²) in [6.07, 6.45) is 3.96. The second-order valence-corrected chi connectivity index (χ2v) is 5.62. The average Bonchev–Trinajstić information content (AvgIpc) is 2.51. The van der Waals surface area contributed by atoms with Crippen LogP contribution in [0.25, 0.3) is 0 Å². The molecule has 92 valence electrons. The van der Waals surface area contributed by atoms with Crippen molar-refractivity contribution in [3.05, 3.63) is 12.2 Å². The molecule has 0 aromatic carbocycles. The van der Waals surface area contributed by atoms with E-state index in [-0.39, 0.29) is 0 Å². The third kappa shape index (κ3) is 3.87. The van der Waals surface area contributed by atoms with Gasteiger partial charge in [0.25, 0.3) is 0 Å². The molecule has 0 bridgehead atoms. The monoisotopic (exact) mass is 223 g/mol. The summed E-state index contributed by atoms with van der Waals surface area (Å²) < 4.78 is 0. The van der Waals surface area contributed by atoms with Gasteiger partial charge in [-0.15, -0.1) is 0 Å². The van der Waals surface area contributed by atoms with Crippen molar-refractivity contribution in [3.8, 4) is 0 Å². The molecule has 3 N–H and O–H groups in total. The Kier molecular flexibility index (Phi) is 4.39. The maximum Gasteiger partial charge on any atom is 0.188 e. The first-order valence-electron chi connectivity index (χ1n) is 6.10. The van der Waals surface area contributed by atoms with Gasteiger partial charge in [0.1, 0.15) is 0 Å². The molecule has 0 aromatic heterocycles. The summed E-state index contributed by atoms with van der Waals surface area (Å²) in [4.78, 5) is 4.22. The van der Waals surface area contributed by atoms with Gasteiger partial charge in [-0.2, -0.15) is 0 Å². The Morgan fingerprint density at radius 2 is 2.25 bits per heavy atom.